The van der Waals surface area contributed by atoms with E-state index in [9.17, 15) is 9.18 Å². The summed E-state index contributed by atoms with van der Waals surface area (Å²) in [5, 5.41) is 3.12. The molecule has 0 saturated carbocycles. The molecule has 2 amide bonds. The smallest absolute Gasteiger partial charge is 0.330 e. The fourth-order valence-electron chi connectivity index (χ4n) is 4.76. The molecule has 5 rings (SSSR count). The predicted molar refractivity (Wildman–Crippen MR) is 168 cm³/mol. The molecule has 3 heterocycles. The number of halogens is 2. The van der Waals surface area contributed by atoms with E-state index in [-0.39, 0.29) is 17.0 Å². The molecule has 214 valence electrons. The maximum absolute atomic E-state index is 15.1. The first kappa shape index (κ1) is 28.8. The molecule has 1 saturated heterocycles. The number of carbonyl (C=O) groups excluding carboxylic acids is 1. The van der Waals surface area contributed by atoms with Gasteiger partial charge < -0.3 is 9.88 Å². The van der Waals surface area contributed by atoms with Crippen molar-refractivity contribution in [1.29, 1.82) is 0 Å². The summed E-state index contributed by atoms with van der Waals surface area (Å²) in [6.45, 7) is 4.83. The largest absolute Gasteiger partial charge is 0.334 e. The normalized spacial score (nSPS) is 13.8. The highest BCUT2D eigenvalue weighted by atomic mass is 32.1. The number of rotatable bonds is 7. The zero-order valence-electron chi connectivity index (χ0n) is 23.5. The molecule has 0 spiro atoms. The lowest BCUT2D eigenvalue weighted by molar-refractivity contribution is 0.238. The van der Waals surface area contributed by atoms with Crippen LogP contribution < -0.4 is 10.2 Å². The van der Waals surface area contributed by atoms with Crippen molar-refractivity contribution in [3.8, 4) is 0 Å². The standard InChI is InChI=1S/C32H30F2N6OS/c1-4-22(30-36-15-16-38(30)3)19-29-21(2)23(13-14-35-29)5-6-24-7-10-26(20-28(24)34)37-31(42)40-18-17-39(32(40)41)27-11-8-25(33)9-12-27/h5-16,19-20H,4,17-18H2,1-3H3,(H,37,42)/b6-5-,22-19+. The minimum atomic E-state index is -0.436. The fourth-order valence-corrected chi connectivity index (χ4v) is 5.04. The summed E-state index contributed by atoms with van der Waals surface area (Å²) in [4.78, 5) is 24.8. The Kier molecular flexibility index (Phi) is 8.53. The van der Waals surface area contributed by atoms with E-state index in [2.05, 4.69) is 22.2 Å². The van der Waals surface area contributed by atoms with Gasteiger partial charge in [0.25, 0.3) is 0 Å². The summed E-state index contributed by atoms with van der Waals surface area (Å²) in [5.74, 6) is 0.0866. The van der Waals surface area contributed by atoms with Crippen LogP contribution >= 0.6 is 12.2 Å². The Balaban J connectivity index is 1.27. The van der Waals surface area contributed by atoms with Gasteiger partial charge in [0, 0.05) is 55.7 Å². The molecule has 1 N–H and O–H groups in total. The van der Waals surface area contributed by atoms with E-state index in [1.807, 2.05) is 43.0 Å². The Bertz CT molecular complexity index is 1700. The lowest BCUT2D eigenvalue weighted by Crippen LogP contribution is -2.38. The Labute approximate surface area is 248 Å². The molecular weight excluding hydrogens is 554 g/mol. The average molecular weight is 585 g/mol. The van der Waals surface area contributed by atoms with Gasteiger partial charge in [0.15, 0.2) is 5.11 Å². The van der Waals surface area contributed by atoms with Gasteiger partial charge in [-0.15, -0.1) is 0 Å². The van der Waals surface area contributed by atoms with Crippen LogP contribution in [0.5, 0.6) is 0 Å². The van der Waals surface area contributed by atoms with Crippen molar-refractivity contribution in [2.45, 2.75) is 20.3 Å². The van der Waals surface area contributed by atoms with Crippen LogP contribution in [0.3, 0.4) is 0 Å². The van der Waals surface area contributed by atoms with Gasteiger partial charge in [0.2, 0.25) is 0 Å². The number of nitrogens with zero attached hydrogens (tertiary/aromatic N) is 5. The first-order valence-corrected chi connectivity index (χ1v) is 13.9. The first-order valence-electron chi connectivity index (χ1n) is 13.5. The van der Waals surface area contributed by atoms with Crippen LogP contribution in [0.4, 0.5) is 25.0 Å². The van der Waals surface area contributed by atoms with Crippen LogP contribution in [-0.2, 0) is 7.05 Å². The number of anilines is 2. The molecule has 0 atom stereocenters. The molecule has 0 radical (unpaired) electrons. The quantitative estimate of drug-likeness (QED) is 0.234. The fraction of sp³-hybridized carbons (Fsp3) is 0.188. The summed E-state index contributed by atoms with van der Waals surface area (Å²) >= 11 is 5.44. The number of hydrogen-bond acceptors (Lipinski definition) is 4. The molecule has 4 aromatic rings. The Morgan fingerprint density at radius 1 is 1.02 bits per heavy atom. The number of imidazole rings is 1. The Morgan fingerprint density at radius 3 is 2.48 bits per heavy atom. The molecule has 7 nitrogen and oxygen atoms in total. The molecule has 1 fully saturated rings. The first-order chi connectivity index (χ1) is 20.2. The van der Waals surface area contributed by atoms with Gasteiger partial charge in [-0.1, -0.05) is 19.1 Å². The van der Waals surface area contributed by atoms with Gasteiger partial charge in [0.05, 0.1) is 5.69 Å². The van der Waals surface area contributed by atoms with Crippen molar-refractivity contribution in [2.24, 2.45) is 7.05 Å². The number of amides is 2. The molecule has 42 heavy (non-hydrogen) atoms. The molecule has 0 bridgehead atoms. The van der Waals surface area contributed by atoms with Gasteiger partial charge in [-0.2, -0.15) is 0 Å². The van der Waals surface area contributed by atoms with Gasteiger partial charge in [0.1, 0.15) is 17.5 Å². The number of nitrogens with one attached hydrogen (secondary N) is 1. The lowest BCUT2D eigenvalue weighted by Gasteiger charge is -2.20. The third-order valence-corrected chi connectivity index (χ3v) is 7.49. The predicted octanol–water partition coefficient (Wildman–Crippen LogP) is 7.16. The number of carbonyl (C=O) groups is 1. The van der Waals surface area contributed by atoms with Crippen LogP contribution in [0.1, 0.15) is 41.6 Å². The molecule has 2 aromatic heterocycles. The van der Waals surface area contributed by atoms with E-state index in [4.69, 9.17) is 12.2 Å². The zero-order chi connectivity index (χ0) is 29.8. The summed E-state index contributed by atoms with van der Waals surface area (Å²) in [6, 6.07) is 12.0. The number of pyridine rings is 1. The second-order valence-electron chi connectivity index (χ2n) is 9.86. The molecule has 0 unspecified atom stereocenters. The van der Waals surface area contributed by atoms with Gasteiger partial charge in [-0.3, -0.25) is 14.8 Å². The van der Waals surface area contributed by atoms with Crippen LogP contribution in [0.2, 0.25) is 0 Å². The van der Waals surface area contributed by atoms with Crippen LogP contribution in [0.15, 0.2) is 67.1 Å². The van der Waals surface area contributed by atoms with Gasteiger partial charge in [-0.25, -0.2) is 18.6 Å². The van der Waals surface area contributed by atoms with Crippen LogP contribution in [0.25, 0.3) is 23.8 Å². The highest BCUT2D eigenvalue weighted by Gasteiger charge is 2.32. The number of hydrogen-bond donors (Lipinski definition) is 1. The molecule has 0 aliphatic carbocycles. The number of benzene rings is 2. The maximum Gasteiger partial charge on any atom is 0.330 e. The third-order valence-electron chi connectivity index (χ3n) is 7.17. The van der Waals surface area contributed by atoms with Crippen molar-refractivity contribution in [1.82, 2.24) is 19.4 Å². The lowest BCUT2D eigenvalue weighted by atomic mass is 10.0. The minimum absolute atomic E-state index is 0.164. The van der Waals surface area contributed by atoms with E-state index in [1.165, 1.54) is 28.0 Å². The summed E-state index contributed by atoms with van der Waals surface area (Å²) in [7, 11) is 1.96. The Morgan fingerprint density at radius 2 is 1.79 bits per heavy atom. The van der Waals surface area contributed by atoms with Crippen LogP contribution in [0, 0.1) is 18.6 Å². The van der Waals surface area contributed by atoms with Crippen molar-refractivity contribution in [3.63, 3.8) is 0 Å². The van der Waals surface area contributed by atoms with Crippen molar-refractivity contribution < 1.29 is 13.6 Å². The minimum Gasteiger partial charge on any atom is -0.334 e. The maximum atomic E-state index is 15.1. The van der Waals surface area contributed by atoms with E-state index < -0.39 is 5.82 Å². The molecule has 1 aliphatic heterocycles. The summed E-state index contributed by atoms with van der Waals surface area (Å²) < 4.78 is 30.3. The third kappa shape index (κ3) is 6.13. The summed E-state index contributed by atoms with van der Waals surface area (Å²) in [6.07, 6.45) is 11.9. The monoisotopic (exact) mass is 584 g/mol. The van der Waals surface area contributed by atoms with Gasteiger partial charge in [-0.05, 0) is 96.9 Å². The van der Waals surface area contributed by atoms with E-state index in [1.54, 1.807) is 42.7 Å². The molecule has 10 heteroatoms. The number of allylic oxidation sites excluding steroid dienone is 1. The van der Waals surface area contributed by atoms with Crippen molar-refractivity contribution in [3.05, 3.63) is 107 Å². The number of thiocarbonyl (C=S) groups is 1. The highest BCUT2D eigenvalue weighted by Crippen LogP contribution is 2.25. The van der Waals surface area contributed by atoms with E-state index in [0.29, 0.717) is 30.0 Å². The van der Waals surface area contributed by atoms with Crippen LogP contribution in [-0.4, -0.2) is 43.7 Å². The number of aromatic nitrogens is 3. The average Bonchev–Trinajstić information content (AvgIpc) is 3.58. The molecule has 1 aliphatic rings. The second-order valence-corrected chi connectivity index (χ2v) is 10.2. The topological polar surface area (TPSA) is 66.3 Å². The Hall–Kier alpha value is -4.70. The van der Waals surface area contributed by atoms with E-state index in [0.717, 1.165) is 34.6 Å². The number of aryl methyl sites for hydroxylation is 1. The second kappa shape index (κ2) is 12.4. The van der Waals surface area contributed by atoms with Crippen molar-refractivity contribution >= 4 is 58.5 Å². The summed E-state index contributed by atoms with van der Waals surface area (Å²) in [5.41, 5.74) is 5.22. The molecule has 2 aromatic carbocycles. The van der Waals surface area contributed by atoms with Crippen molar-refractivity contribution in [2.75, 3.05) is 23.3 Å². The van der Waals surface area contributed by atoms with Gasteiger partial charge >= 0.3 is 6.03 Å². The SMILES string of the molecule is CC/C(=C\c1nccc(/C=C\c2ccc(NC(=S)N3CCN(c4ccc(F)cc4)C3=O)cc2F)c1C)c1nccn1C. The van der Waals surface area contributed by atoms with E-state index >= 15 is 4.39 Å². The number of urea groups is 1. The highest BCUT2D eigenvalue weighted by molar-refractivity contribution is 7.80. The zero-order valence-corrected chi connectivity index (χ0v) is 24.3. The molecular formula is C32H30F2N6OS.